The maximum atomic E-state index is 12.2. The van der Waals surface area contributed by atoms with Gasteiger partial charge in [-0.15, -0.1) is 0 Å². The van der Waals surface area contributed by atoms with Crippen molar-refractivity contribution in [3.63, 3.8) is 0 Å². The number of halogens is 2. The van der Waals surface area contributed by atoms with Crippen LogP contribution in [-0.2, 0) is 9.59 Å². The summed E-state index contributed by atoms with van der Waals surface area (Å²) in [4.78, 5) is 25.8. The first kappa shape index (κ1) is 20.0. The van der Waals surface area contributed by atoms with Gasteiger partial charge in [0.15, 0.2) is 0 Å². The molecule has 0 aliphatic heterocycles. The van der Waals surface area contributed by atoms with Crippen LogP contribution in [0.5, 0.6) is 0 Å². The van der Waals surface area contributed by atoms with Crippen molar-refractivity contribution in [2.45, 2.75) is 13.8 Å². The molecule has 2 rings (SSSR count). The van der Waals surface area contributed by atoms with Crippen LogP contribution in [0.4, 0.5) is 5.69 Å². The van der Waals surface area contributed by atoms with Gasteiger partial charge in [-0.3, -0.25) is 9.59 Å². The predicted octanol–water partition coefficient (Wildman–Crippen LogP) is 4.72. The van der Waals surface area contributed by atoms with E-state index in [2.05, 4.69) is 5.32 Å². The summed E-state index contributed by atoms with van der Waals surface area (Å²) in [6.45, 7) is 3.80. The molecule has 0 unspecified atom stereocenters. The first-order valence-corrected chi connectivity index (χ1v) is 8.78. The molecule has 136 valence electrons. The van der Waals surface area contributed by atoms with E-state index in [1.807, 2.05) is 32.0 Å². The third-order valence-electron chi connectivity index (χ3n) is 3.89. The third kappa shape index (κ3) is 5.10. The monoisotopic (exact) mass is 390 g/mol. The number of nitrogens with one attached hydrogen (secondary N) is 1. The number of para-hydroxylation sites is 1. The minimum absolute atomic E-state index is 0.0553. The lowest BCUT2D eigenvalue weighted by molar-refractivity contribution is -0.129. The molecule has 0 bridgehead atoms. The average Bonchev–Trinajstić information content (AvgIpc) is 2.59. The summed E-state index contributed by atoms with van der Waals surface area (Å²) in [7, 11) is 1.57. The van der Waals surface area contributed by atoms with Gasteiger partial charge in [0.05, 0.1) is 16.6 Å². The van der Waals surface area contributed by atoms with Gasteiger partial charge >= 0.3 is 0 Å². The molecule has 0 spiro atoms. The van der Waals surface area contributed by atoms with E-state index in [0.717, 1.165) is 16.8 Å². The minimum Gasteiger partial charge on any atom is -0.333 e. The molecule has 0 heterocycles. The first-order chi connectivity index (χ1) is 12.3. The fraction of sp³-hybridized carbons (Fsp3) is 0.200. The highest BCUT2D eigenvalue weighted by Gasteiger charge is 2.13. The molecular weight excluding hydrogens is 371 g/mol. The highest BCUT2D eigenvalue weighted by atomic mass is 35.5. The van der Waals surface area contributed by atoms with Gasteiger partial charge < -0.3 is 10.2 Å². The normalized spacial score (nSPS) is 10.8. The molecule has 2 aromatic carbocycles. The van der Waals surface area contributed by atoms with Crippen LogP contribution in [0.3, 0.4) is 0 Å². The maximum Gasteiger partial charge on any atom is 0.246 e. The van der Waals surface area contributed by atoms with E-state index in [-0.39, 0.29) is 18.4 Å². The largest absolute Gasteiger partial charge is 0.333 e. The Kier molecular flexibility index (Phi) is 6.83. The standard InChI is InChI=1S/C20H20Cl2N2O2/c1-13-6-4-7-14(2)20(13)23-17(25)12-24(3)18(26)11-10-15-8-5-9-16(21)19(15)22/h4-11H,12H2,1-3H3,(H,23,25)/b11-10+. The van der Waals surface area contributed by atoms with Crippen molar-refractivity contribution in [3.8, 4) is 0 Å². The molecule has 1 N–H and O–H groups in total. The Morgan fingerprint density at radius 3 is 2.35 bits per heavy atom. The number of aryl methyl sites for hydroxylation is 2. The summed E-state index contributed by atoms with van der Waals surface area (Å²) in [5.74, 6) is -0.565. The molecule has 0 radical (unpaired) electrons. The van der Waals surface area contributed by atoms with E-state index >= 15 is 0 Å². The Morgan fingerprint density at radius 2 is 1.69 bits per heavy atom. The van der Waals surface area contributed by atoms with Gasteiger partial charge in [0.2, 0.25) is 11.8 Å². The molecule has 0 atom stereocenters. The minimum atomic E-state index is -0.308. The zero-order valence-electron chi connectivity index (χ0n) is 14.8. The number of likely N-dealkylation sites (N-methyl/N-ethyl adjacent to an activating group) is 1. The Balaban J connectivity index is 1.99. The Labute approximate surface area is 163 Å². The SMILES string of the molecule is Cc1cccc(C)c1NC(=O)CN(C)C(=O)/C=C/c1cccc(Cl)c1Cl. The predicted molar refractivity (Wildman–Crippen MR) is 108 cm³/mol. The number of anilines is 1. The van der Waals surface area contributed by atoms with Crippen molar-refractivity contribution in [3.05, 3.63) is 69.2 Å². The highest BCUT2D eigenvalue weighted by molar-refractivity contribution is 6.42. The number of hydrogen-bond donors (Lipinski definition) is 1. The van der Waals surface area contributed by atoms with E-state index in [1.165, 1.54) is 11.0 Å². The van der Waals surface area contributed by atoms with Gasteiger partial charge in [-0.2, -0.15) is 0 Å². The van der Waals surface area contributed by atoms with Gasteiger partial charge in [-0.1, -0.05) is 53.5 Å². The molecule has 2 amide bonds. The van der Waals surface area contributed by atoms with Crippen molar-refractivity contribution in [1.29, 1.82) is 0 Å². The van der Waals surface area contributed by atoms with E-state index in [4.69, 9.17) is 23.2 Å². The van der Waals surface area contributed by atoms with Crippen molar-refractivity contribution >= 4 is 46.8 Å². The lowest BCUT2D eigenvalue weighted by Gasteiger charge is -2.16. The fourth-order valence-electron chi connectivity index (χ4n) is 2.42. The van der Waals surface area contributed by atoms with Crippen molar-refractivity contribution in [1.82, 2.24) is 4.90 Å². The van der Waals surface area contributed by atoms with Crippen LogP contribution < -0.4 is 5.32 Å². The summed E-state index contributed by atoms with van der Waals surface area (Å²) < 4.78 is 0. The van der Waals surface area contributed by atoms with Gasteiger partial charge in [0.25, 0.3) is 0 Å². The van der Waals surface area contributed by atoms with E-state index in [0.29, 0.717) is 15.6 Å². The average molecular weight is 391 g/mol. The van der Waals surface area contributed by atoms with Crippen LogP contribution in [0, 0.1) is 13.8 Å². The lowest BCUT2D eigenvalue weighted by Crippen LogP contribution is -2.34. The highest BCUT2D eigenvalue weighted by Crippen LogP contribution is 2.26. The van der Waals surface area contributed by atoms with Gasteiger partial charge in [0, 0.05) is 18.8 Å². The molecule has 0 saturated carbocycles. The van der Waals surface area contributed by atoms with Crippen LogP contribution >= 0.6 is 23.2 Å². The summed E-state index contributed by atoms with van der Waals surface area (Å²) >= 11 is 12.0. The van der Waals surface area contributed by atoms with Gasteiger partial charge in [-0.05, 0) is 42.7 Å². The number of carbonyl (C=O) groups is 2. The maximum absolute atomic E-state index is 12.2. The third-order valence-corrected chi connectivity index (χ3v) is 4.72. The summed E-state index contributed by atoms with van der Waals surface area (Å²) in [6.07, 6.45) is 2.94. The zero-order valence-corrected chi connectivity index (χ0v) is 16.4. The van der Waals surface area contributed by atoms with Crippen LogP contribution in [0.2, 0.25) is 10.0 Å². The summed E-state index contributed by atoms with van der Waals surface area (Å²) in [5, 5.41) is 3.66. The molecular formula is C20H20Cl2N2O2. The number of rotatable bonds is 5. The van der Waals surface area contributed by atoms with Gasteiger partial charge in [0.1, 0.15) is 0 Å². The summed E-state index contributed by atoms with van der Waals surface area (Å²) in [5.41, 5.74) is 3.37. The second kappa shape index (κ2) is 8.88. The lowest BCUT2D eigenvalue weighted by atomic mass is 10.1. The number of benzene rings is 2. The molecule has 0 aliphatic carbocycles. The fourth-order valence-corrected chi connectivity index (χ4v) is 2.79. The molecule has 0 fully saturated rings. The second-order valence-corrected chi connectivity index (χ2v) is 6.77. The van der Waals surface area contributed by atoms with E-state index in [1.54, 1.807) is 31.3 Å². The second-order valence-electron chi connectivity index (χ2n) is 5.99. The summed E-state index contributed by atoms with van der Waals surface area (Å²) in [6, 6.07) is 11.0. The van der Waals surface area contributed by atoms with Crippen molar-refractivity contribution < 1.29 is 9.59 Å². The molecule has 26 heavy (non-hydrogen) atoms. The molecule has 0 saturated heterocycles. The van der Waals surface area contributed by atoms with Crippen molar-refractivity contribution in [2.24, 2.45) is 0 Å². The van der Waals surface area contributed by atoms with Crippen LogP contribution in [0.1, 0.15) is 16.7 Å². The number of carbonyl (C=O) groups excluding carboxylic acids is 2. The van der Waals surface area contributed by atoms with Crippen LogP contribution in [-0.4, -0.2) is 30.3 Å². The number of hydrogen-bond acceptors (Lipinski definition) is 2. The first-order valence-electron chi connectivity index (χ1n) is 8.03. The Bertz CT molecular complexity index is 843. The van der Waals surface area contributed by atoms with Crippen molar-refractivity contribution in [2.75, 3.05) is 18.9 Å². The smallest absolute Gasteiger partial charge is 0.246 e. The quantitative estimate of drug-likeness (QED) is 0.750. The molecule has 0 aliphatic rings. The number of amides is 2. The molecule has 0 aromatic heterocycles. The number of nitrogens with zero attached hydrogens (tertiary/aromatic N) is 1. The van der Waals surface area contributed by atoms with Crippen LogP contribution in [0.15, 0.2) is 42.5 Å². The molecule has 6 heteroatoms. The Morgan fingerprint density at radius 1 is 1.08 bits per heavy atom. The van der Waals surface area contributed by atoms with Gasteiger partial charge in [-0.25, -0.2) is 0 Å². The zero-order chi connectivity index (χ0) is 19.3. The van der Waals surface area contributed by atoms with Crippen LogP contribution in [0.25, 0.3) is 6.08 Å². The molecule has 4 nitrogen and oxygen atoms in total. The Hall–Kier alpha value is -2.30. The van der Waals surface area contributed by atoms with E-state index in [9.17, 15) is 9.59 Å². The topological polar surface area (TPSA) is 49.4 Å². The molecule has 2 aromatic rings. The van der Waals surface area contributed by atoms with E-state index < -0.39 is 0 Å².